The highest BCUT2D eigenvalue weighted by molar-refractivity contribution is 5.49. The molecule has 18 heavy (non-hydrogen) atoms. The first kappa shape index (κ1) is 11.3. The summed E-state index contributed by atoms with van der Waals surface area (Å²) in [6.07, 6.45) is 7.26. The van der Waals surface area contributed by atoms with Crippen LogP contribution < -0.4 is 5.32 Å². The van der Waals surface area contributed by atoms with Crippen LogP contribution in [0.15, 0.2) is 42.7 Å². The fourth-order valence-corrected chi connectivity index (χ4v) is 2.66. The maximum Gasteiger partial charge on any atom is 0.0558 e. The summed E-state index contributed by atoms with van der Waals surface area (Å²) in [6, 6.07) is 11.4. The van der Waals surface area contributed by atoms with Gasteiger partial charge in [-0.15, -0.1) is 0 Å². The van der Waals surface area contributed by atoms with Crippen molar-refractivity contribution in [2.45, 2.75) is 32.2 Å². The Labute approximate surface area is 108 Å². The van der Waals surface area contributed by atoms with E-state index in [-0.39, 0.29) is 0 Å². The SMILES string of the molecule is Cc1ccncc1NC1CCc2ccccc2C1. The Morgan fingerprint density at radius 1 is 1.17 bits per heavy atom. The average Bonchev–Trinajstić information content (AvgIpc) is 2.41. The Morgan fingerprint density at radius 2 is 2.00 bits per heavy atom. The lowest BCUT2D eigenvalue weighted by Gasteiger charge is -2.26. The van der Waals surface area contributed by atoms with Crippen molar-refractivity contribution in [2.24, 2.45) is 0 Å². The molecular formula is C16H18N2. The van der Waals surface area contributed by atoms with E-state index in [4.69, 9.17) is 0 Å². The van der Waals surface area contributed by atoms with Gasteiger partial charge in [0.2, 0.25) is 0 Å². The third kappa shape index (κ3) is 2.23. The summed E-state index contributed by atoms with van der Waals surface area (Å²) < 4.78 is 0. The van der Waals surface area contributed by atoms with Gasteiger partial charge in [0.25, 0.3) is 0 Å². The van der Waals surface area contributed by atoms with Crippen molar-refractivity contribution in [2.75, 3.05) is 5.32 Å². The Bertz CT molecular complexity index is 548. The van der Waals surface area contributed by atoms with Gasteiger partial charge in [-0.05, 0) is 48.9 Å². The lowest BCUT2D eigenvalue weighted by Crippen LogP contribution is -2.27. The van der Waals surface area contributed by atoms with Gasteiger partial charge in [-0.1, -0.05) is 24.3 Å². The molecule has 1 unspecified atom stereocenters. The molecule has 1 N–H and O–H groups in total. The van der Waals surface area contributed by atoms with Crippen LogP contribution in [0.25, 0.3) is 0 Å². The third-order valence-corrected chi connectivity index (χ3v) is 3.75. The Hall–Kier alpha value is -1.83. The second kappa shape index (κ2) is 4.81. The van der Waals surface area contributed by atoms with Crippen LogP contribution in [0.5, 0.6) is 0 Å². The Morgan fingerprint density at radius 3 is 2.83 bits per heavy atom. The third-order valence-electron chi connectivity index (χ3n) is 3.75. The quantitative estimate of drug-likeness (QED) is 0.867. The number of nitrogens with zero attached hydrogens (tertiary/aromatic N) is 1. The van der Waals surface area contributed by atoms with Crippen LogP contribution in [0.3, 0.4) is 0 Å². The molecule has 0 saturated heterocycles. The van der Waals surface area contributed by atoms with E-state index < -0.39 is 0 Å². The highest BCUT2D eigenvalue weighted by atomic mass is 14.9. The van der Waals surface area contributed by atoms with Gasteiger partial charge in [0, 0.05) is 12.2 Å². The van der Waals surface area contributed by atoms with Crippen molar-refractivity contribution in [1.82, 2.24) is 4.98 Å². The lowest BCUT2D eigenvalue weighted by molar-refractivity contribution is 0.610. The summed E-state index contributed by atoms with van der Waals surface area (Å²) in [4.78, 5) is 4.19. The first-order valence-corrected chi connectivity index (χ1v) is 6.57. The van der Waals surface area contributed by atoms with E-state index in [1.807, 2.05) is 12.4 Å². The normalized spacial score (nSPS) is 18.2. The van der Waals surface area contributed by atoms with E-state index in [2.05, 4.69) is 47.6 Å². The van der Waals surface area contributed by atoms with Crippen molar-refractivity contribution in [3.05, 3.63) is 59.4 Å². The number of fused-ring (bicyclic) bond motifs is 1. The molecule has 1 aromatic carbocycles. The number of benzene rings is 1. The van der Waals surface area contributed by atoms with Gasteiger partial charge < -0.3 is 5.32 Å². The first-order valence-electron chi connectivity index (χ1n) is 6.57. The summed E-state index contributed by atoms with van der Waals surface area (Å²) in [7, 11) is 0. The predicted octanol–water partition coefficient (Wildman–Crippen LogP) is 3.36. The van der Waals surface area contributed by atoms with E-state index in [1.54, 1.807) is 0 Å². The molecule has 1 aliphatic carbocycles. The molecule has 0 radical (unpaired) electrons. The molecule has 3 rings (SSSR count). The summed E-state index contributed by atoms with van der Waals surface area (Å²) >= 11 is 0. The van der Waals surface area contributed by atoms with Crippen LogP contribution in [-0.2, 0) is 12.8 Å². The van der Waals surface area contributed by atoms with Crippen molar-refractivity contribution >= 4 is 5.69 Å². The minimum absolute atomic E-state index is 0.530. The van der Waals surface area contributed by atoms with Gasteiger partial charge in [-0.25, -0.2) is 0 Å². The fraction of sp³-hybridized carbons (Fsp3) is 0.312. The number of rotatable bonds is 2. The van der Waals surface area contributed by atoms with E-state index in [9.17, 15) is 0 Å². The summed E-state index contributed by atoms with van der Waals surface area (Å²) in [5, 5.41) is 3.63. The highest BCUT2D eigenvalue weighted by Gasteiger charge is 2.18. The summed E-state index contributed by atoms with van der Waals surface area (Å²) in [5.74, 6) is 0. The van der Waals surface area contributed by atoms with Gasteiger partial charge in [0.05, 0.1) is 11.9 Å². The molecule has 1 atom stereocenters. The molecule has 1 aliphatic rings. The number of anilines is 1. The molecule has 0 aliphatic heterocycles. The molecule has 92 valence electrons. The number of aryl methyl sites for hydroxylation is 2. The molecule has 2 heteroatoms. The molecular weight excluding hydrogens is 220 g/mol. The van der Waals surface area contributed by atoms with Gasteiger partial charge in [-0.3, -0.25) is 4.98 Å². The number of pyridine rings is 1. The molecule has 0 bridgehead atoms. The highest BCUT2D eigenvalue weighted by Crippen LogP contribution is 2.24. The largest absolute Gasteiger partial charge is 0.381 e. The lowest BCUT2D eigenvalue weighted by atomic mass is 9.88. The van der Waals surface area contributed by atoms with Crippen molar-refractivity contribution in [3.63, 3.8) is 0 Å². The van der Waals surface area contributed by atoms with Crippen molar-refractivity contribution in [3.8, 4) is 0 Å². The zero-order chi connectivity index (χ0) is 12.4. The summed E-state index contributed by atoms with van der Waals surface area (Å²) in [5.41, 5.74) is 5.44. The number of aromatic nitrogens is 1. The van der Waals surface area contributed by atoms with Crippen LogP contribution >= 0.6 is 0 Å². The number of nitrogens with one attached hydrogen (secondary N) is 1. The monoisotopic (exact) mass is 238 g/mol. The van der Waals surface area contributed by atoms with Crippen LogP contribution in [0.1, 0.15) is 23.1 Å². The minimum Gasteiger partial charge on any atom is -0.381 e. The van der Waals surface area contributed by atoms with E-state index in [1.165, 1.54) is 35.2 Å². The van der Waals surface area contributed by atoms with E-state index in [0.717, 1.165) is 6.42 Å². The van der Waals surface area contributed by atoms with Gasteiger partial charge in [0.1, 0.15) is 0 Å². The maximum atomic E-state index is 4.19. The van der Waals surface area contributed by atoms with Gasteiger partial charge in [0.15, 0.2) is 0 Å². The Kier molecular flexibility index (Phi) is 3.01. The topological polar surface area (TPSA) is 24.9 Å². The smallest absolute Gasteiger partial charge is 0.0558 e. The van der Waals surface area contributed by atoms with E-state index in [0.29, 0.717) is 6.04 Å². The molecule has 2 aromatic rings. The average molecular weight is 238 g/mol. The molecule has 0 saturated carbocycles. The molecule has 2 nitrogen and oxygen atoms in total. The zero-order valence-electron chi connectivity index (χ0n) is 10.7. The molecule has 1 aromatic heterocycles. The van der Waals surface area contributed by atoms with Gasteiger partial charge in [-0.2, -0.15) is 0 Å². The van der Waals surface area contributed by atoms with E-state index >= 15 is 0 Å². The maximum absolute atomic E-state index is 4.19. The summed E-state index contributed by atoms with van der Waals surface area (Å²) in [6.45, 7) is 2.13. The second-order valence-electron chi connectivity index (χ2n) is 5.04. The minimum atomic E-state index is 0.530. The number of hydrogen-bond acceptors (Lipinski definition) is 2. The van der Waals surface area contributed by atoms with Gasteiger partial charge >= 0.3 is 0 Å². The Balaban J connectivity index is 1.75. The molecule has 0 spiro atoms. The second-order valence-corrected chi connectivity index (χ2v) is 5.04. The first-order chi connectivity index (χ1) is 8.83. The standard InChI is InChI=1S/C16H18N2/c1-12-8-9-17-11-16(12)18-15-7-6-13-4-2-3-5-14(13)10-15/h2-5,8-9,11,15,18H,6-7,10H2,1H3. The molecule has 1 heterocycles. The predicted molar refractivity (Wildman–Crippen MR) is 74.9 cm³/mol. The fourth-order valence-electron chi connectivity index (χ4n) is 2.66. The van der Waals surface area contributed by atoms with Crippen LogP contribution in [0, 0.1) is 6.92 Å². The van der Waals surface area contributed by atoms with Crippen molar-refractivity contribution < 1.29 is 0 Å². The zero-order valence-corrected chi connectivity index (χ0v) is 10.7. The van der Waals surface area contributed by atoms with Crippen LogP contribution in [0.4, 0.5) is 5.69 Å². The van der Waals surface area contributed by atoms with Crippen molar-refractivity contribution in [1.29, 1.82) is 0 Å². The van der Waals surface area contributed by atoms with Crippen LogP contribution in [0.2, 0.25) is 0 Å². The number of hydrogen-bond donors (Lipinski definition) is 1. The van der Waals surface area contributed by atoms with Crippen LogP contribution in [-0.4, -0.2) is 11.0 Å². The molecule has 0 fully saturated rings. The molecule has 0 amide bonds.